The maximum Gasteiger partial charge on any atom is 0.178 e. The molecule has 0 aromatic rings. The highest BCUT2D eigenvalue weighted by Crippen LogP contribution is 2.67. The van der Waals surface area contributed by atoms with Crippen LogP contribution >= 0.6 is 0 Å². The summed E-state index contributed by atoms with van der Waals surface area (Å²) < 4.78 is 0. The average Bonchev–Trinajstić information content (AvgIpc) is 3.18. The van der Waals surface area contributed by atoms with Crippen LogP contribution in [0.1, 0.15) is 131 Å². The highest BCUT2D eigenvalue weighted by atomic mass is 16.1. The quantitative estimate of drug-likeness (QED) is 0.394. The van der Waals surface area contributed by atoms with Crippen molar-refractivity contribution in [3.63, 3.8) is 0 Å². The highest BCUT2D eigenvalue weighted by Gasteiger charge is 2.60. The maximum atomic E-state index is 13.2. The topological polar surface area (TPSA) is 29.1 Å². The lowest BCUT2D eigenvalue weighted by Gasteiger charge is -2.59. The number of nitrogens with one attached hydrogen (secondary N) is 1. The molecule has 2 nitrogen and oxygen atoms in total. The summed E-state index contributed by atoms with van der Waals surface area (Å²) in [6.07, 6.45) is 22.4. The number of rotatable bonds is 7. The molecular weight excluding hydrogens is 426 g/mol. The first-order chi connectivity index (χ1) is 16.7. The van der Waals surface area contributed by atoms with E-state index in [1.165, 1.54) is 89.9 Å². The van der Waals surface area contributed by atoms with E-state index in [2.05, 4.69) is 46.0 Å². The zero-order valence-electron chi connectivity index (χ0n) is 23.7. The van der Waals surface area contributed by atoms with Gasteiger partial charge in [-0.3, -0.25) is 4.79 Å². The summed E-state index contributed by atoms with van der Waals surface area (Å²) in [4.78, 5) is 13.2. The van der Waals surface area contributed by atoms with Crippen molar-refractivity contribution in [3.05, 3.63) is 11.8 Å². The van der Waals surface area contributed by atoms with E-state index in [0.717, 1.165) is 47.6 Å². The molecule has 1 N–H and O–H groups in total. The van der Waals surface area contributed by atoms with Crippen LogP contribution in [-0.2, 0) is 4.79 Å². The van der Waals surface area contributed by atoms with Crippen LogP contribution in [0, 0.1) is 52.3 Å². The van der Waals surface area contributed by atoms with Crippen LogP contribution in [0.3, 0.4) is 0 Å². The molecule has 0 spiro atoms. The van der Waals surface area contributed by atoms with Gasteiger partial charge in [0.1, 0.15) is 0 Å². The third kappa shape index (κ3) is 4.79. The maximum absolute atomic E-state index is 13.2. The SMILES string of the molecule is CC(C)CCC[C@@H](C)[C@H]1CC[C@H]2[C@@H]3CC[C@H]4CC(=O)C(NC5CCCCC5)=C[C@]4(C)[C@H]3CC[C@]12C. The van der Waals surface area contributed by atoms with E-state index >= 15 is 0 Å². The Hall–Kier alpha value is -0.790. The number of carbonyl (C=O) groups is 1. The molecular formula is C33H55NO. The van der Waals surface area contributed by atoms with E-state index in [4.69, 9.17) is 0 Å². The van der Waals surface area contributed by atoms with E-state index in [-0.39, 0.29) is 5.41 Å². The second kappa shape index (κ2) is 10.2. The highest BCUT2D eigenvalue weighted by molar-refractivity contribution is 5.96. The standard InChI is InChI=1S/C33H55NO/c1-22(2)10-9-11-23(3)27-16-17-28-26-15-14-24-20-31(35)30(34-25-12-7-6-8-13-25)21-33(24,5)29(26)18-19-32(27,28)4/h21-29,34H,6-20H2,1-5H3/t23-,24+,26+,27-,28+,29+,32-,33+/m1/s1. The lowest BCUT2D eigenvalue weighted by Crippen LogP contribution is -2.54. The molecule has 0 aromatic carbocycles. The van der Waals surface area contributed by atoms with Crippen molar-refractivity contribution in [1.29, 1.82) is 0 Å². The molecule has 5 aliphatic rings. The fourth-order valence-corrected chi connectivity index (χ4v) is 10.4. The molecule has 0 bridgehead atoms. The van der Waals surface area contributed by atoms with Gasteiger partial charge in [-0.05, 0) is 104 Å². The van der Waals surface area contributed by atoms with Gasteiger partial charge in [0.05, 0.1) is 5.70 Å². The zero-order chi connectivity index (χ0) is 24.8. The first-order valence-corrected chi connectivity index (χ1v) is 15.7. The van der Waals surface area contributed by atoms with Crippen LogP contribution in [0.2, 0.25) is 0 Å². The summed E-state index contributed by atoms with van der Waals surface area (Å²) in [6.45, 7) is 12.6. The molecule has 4 fully saturated rings. The molecule has 35 heavy (non-hydrogen) atoms. The number of fused-ring (bicyclic) bond motifs is 5. The van der Waals surface area contributed by atoms with Crippen LogP contribution in [-0.4, -0.2) is 11.8 Å². The first kappa shape index (κ1) is 25.8. The van der Waals surface area contributed by atoms with Crippen molar-refractivity contribution in [2.24, 2.45) is 52.3 Å². The van der Waals surface area contributed by atoms with Crippen LogP contribution < -0.4 is 5.32 Å². The zero-order valence-corrected chi connectivity index (χ0v) is 23.7. The summed E-state index contributed by atoms with van der Waals surface area (Å²) in [7, 11) is 0. The Kier molecular flexibility index (Phi) is 7.51. The number of hydrogen-bond acceptors (Lipinski definition) is 2. The summed E-state index contributed by atoms with van der Waals surface area (Å²) in [5.74, 6) is 6.21. The van der Waals surface area contributed by atoms with Gasteiger partial charge in [-0.1, -0.05) is 79.2 Å². The van der Waals surface area contributed by atoms with Gasteiger partial charge in [0.15, 0.2) is 5.78 Å². The fraction of sp³-hybridized carbons (Fsp3) is 0.909. The summed E-state index contributed by atoms with van der Waals surface area (Å²) >= 11 is 0. The Balaban J connectivity index is 1.32. The molecule has 8 atom stereocenters. The van der Waals surface area contributed by atoms with Gasteiger partial charge in [-0.2, -0.15) is 0 Å². The summed E-state index contributed by atoms with van der Waals surface area (Å²) in [6, 6.07) is 0.529. The van der Waals surface area contributed by atoms with Gasteiger partial charge < -0.3 is 5.32 Å². The van der Waals surface area contributed by atoms with Gasteiger partial charge in [0.2, 0.25) is 0 Å². The van der Waals surface area contributed by atoms with E-state index in [0.29, 0.717) is 23.2 Å². The van der Waals surface area contributed by atoms with Crippen molar-refractivity contribution in [3.8, 4) is 0 Å². The molecule has 5 aliphatic carbocycles. The van der Waals surface area contributed by atoms with Crippen molar-refractivity contribution in [2.45, 2.75) is 137 Å². The minimum Gasteiger partial charge on any atom is -0.380 e. The van der Waals surface area contributed by atoms with Crippen LogP contribution in [0.15, 0.2) is 11.8 Å². The van der Waals surface area contributed by atoms with Gasteiger partial charge in [0.25, 0.3) is 0 Å². The predicted molar refractivity (Wildman–Crippen MR) is 147 cm³/mol. The second-order valence-corrected chi connectivity index (χ2v) is 14.7. The number of allylic oxidation sites excluding steroid dienone is 2. The van der Waals surface area contributed by atoms with Crippen molar-refractivity contribution in [1.82, 2.24) is 5.32 Å². The summed E-state index contributed by atoms with van der Waals surface area (Å²) in [5, 5.41) is 3.78. The Labute approximate surface area is 216 Å². The van der Waals surface area contributed by atoms with Crippen molar-refractivity contribution in [2.75, 3.05) is 0 Å². The van der Waals surface area contributed by atoms with Crippen molar-refractivity contribution >= 4 is 5.78 Å². The fourth-order valence-electron chi connectivity index (χ4n) is 10.4. The molecule has 198 valence electrons. The number of hydrogen-bond donors (Lipinski definition) is 1. The van der Waals surface area contributed by atoms with Crippen LogP contribution in [0.4, 0.5) is 0 Å². The molecule has 0 radical (unpaired) electrons. The number of Topliss-reactive ketones (excluding diaryl/α,β-unsaturated/α-hetero) is 1. The average molecular weight is 482 g/mol. The van der Waals surface area contributed by atoms with Gasteiger partial charge in [0, 0.05) is 12.5 Å². The number of ketones is 1. The molecule has 0 aliphatic heterocycles. The molecule has 5 rings (SSSR count). The minimum absolute atomic E-state index is 0.218. The molecule has 0 saturated heterocycles. The predicted octanol–water partition coefficient (Wildman–Crippen LogP) is 8.70. The second-order valence-electron chi connectivity index (χ2n) is 14.7. The molecule has 4 saturated carbocycles. The Morgan fingerprint density at radius 3 is 2.43 bits per heavy atom. The molecule has 0 heterocycles. The largest absolute Gasteiger partial charge is 0.380 e. The third-order valence-corrected chi connectivity index (χ3v) is 12.3. The van der Waals surface area contributed by atoms with Crippen LogP contribution in [0.25, 0.3) is 0 Å². The molecule has 0 unspecified atom stereocenters. The molecule has 0 aromatic heterocycles. The van der Waals surface area contributed by atoms with E-state index in [9.17, 15) is 4.79 Å². The third-order valence-electron chi connectivity index (χ3n) is 12.3. The van der Waals surface area contributed by atoms with E-state index < -0.39 is 0 Å². The normalized spacial score (nSPS) is 42.7. The number of carbonyl (C=O) groups excluding carboxylic acids is 1. The molecule has 2 heteroatoms. The Bertz CT molecular complexity index is 793. The van der Waals surface area contributed by atoms with E-state index in [1.807, 2.05) is 0 Å². The van der Waals surface area contributed by atoms with E-state index in [1.54, 1.807) is 0 Å². The smallest absolute Gasteiger partial charge is 0.178 e. The Morgan fingerprint density at radius 2 is 1.69 bits per heavy atom. The Morgan fingerprint density at radius 1 is 0.914 bits per heavy atom. The van der Waals surface area contributed by atoms with Gasteiger partial charge in [-0.25, -0.2) is 0 Å². The van der Waals surface area contributed by atoms with Crippen LogP contribution in [0.5, 0.6) is 0 Å². The van der Waals surface area contributed by atoms with Gasteiger partial charge >= 0.3 is 0 Å². The van der Waals surface area contributed by atoms with Crippen molar-refractivity contribution < 1.29 is 4.79 Å². The first-order valence-electron chi connectivity index (χ1n) is 15.7. The molecule has 0 amide bonds. The lowest BCUT2D eigenvalue weighted by molar-refractivity contribution is -0.124. The lowest BCUT2D eigenvalue weighted by atomic mass is 9.45. The minimum atomic E-state index is 0.218. The monoisotopic (exact) mass is 481 g/mol. The van der Waals surface area contributed by atoms with Gasteiger partial charge in [-0.15, -0.1) is 0 Å². The summed E-state index contributed by atoms with van der Waals surface area (Å²) in [5.41, 5.74) is 1.78.